The molecule has 2 unspecified atom stereocenters. The standard InChI is InChI=1S/C16H16O2.C12H10O2/c1-2-10-7-8-13-14(9-10)16(18)12-6-4-3-5-11(12)15(13)17;1-2-8-3-4-9-10(7-8)12(14)6-5-11(9)13/h3-4,7-9,11-12H,2,5-6H2,1H3;3-7H,2H2,1H3. The zero-order valence-corrected chi connectivity index (χ0v) is 18.4. The second-order valence-corrected chi connectivity index (χ2v) is 8.41. The number of benzene rings is 2. The molecule has 2 atom stereocenters. The Morgan fingerprint density at radius 2 is 1.09 bits per heavy atom. The smallest absolute Gasteiger partial charge is 0.186 e. The Labute approximate surface area is 188 Å². The van der Waals surface area contributed by atoms with Gasteiger partial charge in [0.1, 0.15) is 0 Å². The number of carbonyl (C=O) groups excluding carboxylic acids is 4. The first-order valence-electron chi connectivity index (χ1n) is 11.2. The first-order valence-corrected chi connectivity index (χ1v) is 11.2. The maximum Gasteiger partial charge on any atom is 0.186 e. The lowest BCUT2D eigenvalue weighted by Crippen LogP contribution is -2.37. The van der Waals surface area contributed by atoms with Gasteiger partial charge in [-0.25, -0.2) is 0 Å². The van der Waals surface area contributed by atoms with Crippen LogP contribution in [0.1, 0.15) is 79.2 Å². The molecule has 3 aliphatic rings. The van der Waals surface area contributed by atoms with Gasteiger partial charge in [-0.2, -0.15) is 0 Å². The van der Waals surface area contributed by atoms with Crippen LogP contribution in [0.3, 0.4) is 0 Å². The molecule has 0 amide bonds. The molecule has 0 fully saturated rings. The van der Waals surface area contributed by atoms with E-state index in [1.165, 1.54) is 12.2 Å². The van der Waals surface area contributed by atoms with Gasteiger partial charge in [-0.3, -0.25) is 19.2 Å². The predicted molar refractivity (Wildman–Crippen MR) is 123 cm³/mol. The van der Waals surface area contributed by atoms with Crippen molar-refractivity contribution in [2.24, 2.45) is 11.8 Å². The number of hydrogen-bond acceptors (Lipinski definition) is 4. The molecular weight excluding hydrogens is 400 g/mol. The Morgan fingerprint density at radius 3 is 1.66 bits per heavy atom. The van der Waals surface area contributed by atoms with E-state index in [9.17, 15) is 19.2 Å². The lowest BCUT2D eigenvalue weighted by molar-refractivity contribution is 0.0729. The van der Waals surface area contributed by atoms with Crippen LogP contribution in [-0.2, 0) is 12.8 Å². The van der Waals surface area contributed by atoms with Crippen LogP contribution < -0.4 is 0 Å². The Morgan fingerprint density at radius 1 is 0.625 bits per heavy atom. The summed E-state index contributed by atoms with van der Waals surface area (Å²) in [6, 6.07) is 11.1. The predicted octanol–water partition coefficient (Wildman–Crippen LogP) is 5.39. The minimum Gasteiger partial charge on any atom is -0.294 e. The van der Waals surface area contributed by atoms with Crippen molar-refractivity contribution < 1.29 is 19.2 Å². The largest absolute Gasteiger partial charge is 0.294 e. The van der Waals surface area contributed by atoms with E-state index in [0.717, 1.165) is 24.0 Å². The molecule has 0 saturated carbocycles. The monoisotopic (exact) mass is 426 g/mol. The van der Waals surface area contributed by atoms with Crippen LogP contribution in [0, 0.1) is 11.8 Å². The summed E-state index contributed by atoms with van der Waals surface area (Å²) in [7, 11) is 0. The van der Waals surface area contributed by atoms with Crippen molar-refractivity contribution in [1.82, 2.24) is 0 Å². The average Bonchev–Trinajstić information content (AvgIpc) is 2.84. The van der Waals surface area contributed by atoms with Gasteiger partial charge < -0.3 is 0 Å². The number of Topliss-reactive ketones (excluding diaryl/α,β-unsaturated/α-hetero) is 2. The van der Waals surface area contributed by atoms with Crippen molar-refractivity contribution in [1.29, 1.82) is 0 Å². The average molecular weight is 427 g/mol. The molecule has 0 saturated heterocycles. The molecule has 2 aromatic carbocycles. The van der Waals surface area contributed by atoms with Crippen LogP contribution in [0.2, 0.25) is 0 Å². The lowest BCUT2D eigenvalue weighted by atomic mass is 9.69. The van der Waals surface area contributed by atoms with Gasteiger partial charge in [0.15, 0.2) is 23.1 Å². The molecule has 3 aliphatic carbocycles. The summed E-state index contributed by atoms with van der Waals surface area (Å²) in [5, 5.41) is 0. The quantitative estimate of drug-likeness (QED) is 0.604. The maximum atomic E-state index is 12.5. The molecule has 0 heterocycles. The van der Waals surface area contributed by atoms with Gasteiger partial charge in [0, 0.05) is 34.1 Å². The number of hydrogen-bond donors (Lipinski definition) is 0. The van der Waals surface area contributed by atoms with Gasteiger partial charge in [0.25, 0.3) is 0 Å². The minimum absolute atomic E-state index is 0.0742. The van der Waals surface area contributed by atoms with Crippen molar-refractivity contribution >= 4 is 23.1 Å². The number of carbonyl (C=O) groups is 4. The van der Waals surface area contributed by atoms with Gasteiger partial charge in [-0.1, -0.05) is 50.3 Å². The number of fused-ring (bicyclic) bond motifs is 3. The molecule has 162 valence electrons. The molecule has 4 heteroatoms. The summed E-state index contributed by atoms with van der Waals surface area (Å²) in [6.07, 6.45) is 9.91. The highest BCUT2D eigenvalue weighted by molar-refractivity contribution is 6.22. The normalized spacial score (nSPS) is 20.8. The van der Waals surface area contributed by atoms with Crippen molar-refractivity contribution in [2.75, 3.05) is 0 Å². The molecule has 5 rings (SSSR count). The number of aryl methyl sites for hydroxylation is 2. The second-order valence-electron chi connectivity index (χ2n) is 8.41. The van der Waals surface area contributed by atoms with E-state index < -0.39 is 0 Å². The summed E-state index contributed by atoms with van der Waals surface area (Å²) < 4.78 is 0. The fourth-order valence-electron chi connectivity index (χ4n) is 4.58. The third-order valence-corrected chi connectivity index (χ3v) is 6.54. The molecule has 32 heavy (non-hydrogen) atoms. The minimum atomic E-state index is -0.123. The maximum absolute atomic E-state index is 12.5. The molecular formula is C28H26O4. The highest BCUT2D eigenvalue weighted by Crippen LogP contribution is 2.37. The molecule has 0 N–H and O–H groups in total. The Kier molecular flexibility index (Phi) is 6.13. The summed E-state index contributed by atoms with van der Waals surface area (Å²) in [5.41, 5.74) is 4.55. The van der Waals surface area contributed by atoms with Gasteiger partial charge in [0.05, 0.1) is 0 Å². The zero-order valence-electron chi connectivity index (χ0n) is 18.4. The van der Waals surface area contributed by atoms with Crippen molar-refractivity contribution in [2.45, 2.75) is 39.5 Å². The van der Waals surface area contributed by atoms with Crippen molar-refractivity contribution in [3.8, 4) is 0 Å². The zero-order chi connectivity index (χ0) is 22.8. The lowest BCUT2D eigenvalue weighted by Gasteiger charge is -2.31. The number of rotatable bonds is 2. The highest BCUT2D eigenvalue weighted by Gasteiger charge is 2.41. The van der Waals surface area contributed by atoms with Gasteiger partial charge in [-0.15, -0.1) is 0 Å². The Balaban J connectivity index is 0.000000158. The fourth-order valence-corrected chi connectivity index (χ4v) is 4.58. The van der Waals surface area contributed by atoms with E-state index in [-0.39, 0.29) is 35.0 Å². The summed E-state index contributed by atoms with van der Waals surface area (Å²) in [4.78, 5) is 47.7. The van der Waals surface area contributed by atoms with Crippen molar-refractivity contribution in [3.05, 3.63) is 94.1 Å². The molecule has 0 radical (unpaired) electrons. The van der Waals surface area contributed by atoms with Crippen LogP contribution in [0.15, 0.2) is 60.7 Å². The van der Waals surface area contributed by atoms with E-state index in [2.05, 4.69) is 6.92 Å². The van der Waals surface area contributed by atoms with E-state index in [1.807, 2.05) is 43.3 Å². The van der Waals surface area contributed by atoms with E-state index >= 15 is 0 Å². The van der Waals surface area contributed by atoms with E-state index in [4.69, 9.17) is 0 Å². The van der Waals surface area contributed by atoms with Gasteiger partial charge >= 0.3 is 0 Å². The third kappa shape index (κ3) is 3.93. The second kappa shape index (κ2) is 8.99. The molecule has 0 aromatic heterocycles. The van der Waals surface area contributed by atoms with Crippen molar-refractivity contribution in [3.63, 3.8) is 0 Å². The third-order valence-electron chi connectivity index (χ3n) is 6.54. The SMILES string of the molecule is CCc1ccc2c(c1)C(=O)C1CC=CCC1C2=O.CCc1ccc2c(c1)C(=O)C=CC2=O. The summed E-state index contributed by atoms with van der Waals surface area (Å²) in [5.74, 6) is -0.0856. The highest BCUT2D eigenvalue weighted by atomic mass is 16.1. The van der Waals surface area contributed by atoms with Crippen LogP contribution in [0.4, 0.5) is 0 Å². The van der Waals surface area contributed by atoms with Gasteiger partial charge in [0.2, 0.25) is 0 Å². The fraction of sp³-hybridized carbons (Fsp3) is 0.286. The number of ketones is 4. The Hall–Kier alpha value is -3.40. The molecule has 0 spiro atoms. The van der Waals surface area contributed by atoms with Crippen LogP contribution >= 0.6 is 0 Å². The molecule has 2 aromatic rings. The number of allylic oxidation sites excluding steroid dienone is 4. The van der Waals surface area contributed by atoms with E-state index in [0.29, 0.717) is 35.1 Å². The topological polar surface area (TPSA) is 68.3 Å². The van der Waals surface area contributed by atoms with Crippen LogP contribution in [0.25, 0.3) is 0 Å². The first-order chi connectivity index (χ1) is 15.4. The van der Waals surface area contributed by atoms with Crippen LogP contribution in [-0.4, -0.2) is 23.1 Å². The summed E-state index contributed by atoms with van der Waals surface area (Å²) >= 11 is 0. The summed E-state index contributed by atoms with van der Waals surface area (Å²) in [6.45, 7) is 4.08. The van der Waals surface area contributed by atoms with Crippen LogP contribution in [0.5, 0.6) is 0 Å². The van der Waals surface area contributed by atoms with E-state index in [1.54, 1.807) is 12.1 Å². The molecule has 0 aliphatic heterocycles. The van der Waals surface area contributed by atoms with Gasteiger partial charge in [-0.05, 0) is 61.1 Å². The molecule has 4 nitrogen and oxygen atoms in total. The first kappa shape index (κ1) is 21.8. The Bertz CT molecular complexity index is 1180. The molecule has 0 bridgehead atoms.